The monoisotopic (exact) mass is 526 g/mol. The van der Waals surface area contributed by atoms with Gasteiger partial charge in [-0.1, -0.05) is 11.6 Å². The summed E-state index contributed by atoms with van der Waals surface area (Å²) < 4.78 is 34.1. The van der Waals surface area contributed by atoms with Crippen LogP contribution >= 0.6 is 11.6 Å². The molecule has 0 amide bonds. The number of nitrogens with zero attached hydrogens (tertiary/aromatic N) is 4. The number of carbonyl (C=O) groups is 2. The molecule has 0 unspecified atom stereocenters. The SMILES string of the molecule is CC(=O)OCCN(CCOC(C)=O)c1ccc(N=Nc2ccc([N+](=O)[O-])cc2S(C)(=O)=O)c(Cl)c1. The highest BCUT2D eigenvalue weighted by molar-refractivity contribution is 7.90. The lowest BCUT2D eigenvalue weighted by atomic mass is 10.2. The van der Waals surface area contributed by atoms with Crippen LogP contribution in [0.3, 0.4) is 0 Å². The first-order chi connectivity index (χ1) is 16.4. The maximum Gasteiger partial charge on any atom is 0.302 e. The molecule has 0 bridgehead atoms. The predicted molar refractivity (Wildman–Crippen MR) is 127 cm³/mol. The van der Waals surface area contributed by atoms with Crippen molar-refractivity contribution >= 4 is 56.1 Å². The van der Waals surface area contributed by atoms with Gasteiger partial charge in [0.25, 0.3) is 5.69 Å². The van der Waals surface area contributed by atoms with Gasteiger partial charge in [-0.15, -0.1) is 10.2 Å². The van der Waals surface area contributed by atoms with Gasteiger partial charge in [-0.25, -0.2) is 8.42 Å². The van der Waals surface area contributed by atoms with Gasteiger partial charge < -0.3 is 14.4 Å². The number of hydrogen-bond donors (Lipinski definition) is 0. The number of azo groups is 1. The molecule has 0 N–H and O–H groups in total. The Morgan fingerprint density at radius 3 is 2.03 bits per heavy atom. The number of rotatable bonds is 11. The summed E-state index contributed by atoms with van der Waals surface area (Å²) in [6, 6.07) is 8.00. The Hall–Kier alpha value is -3.58. The molecule has 0 heterocycles. The number of anilines is 1. The maximum atomic E-state index is 12.1. The molecule has 14 heteroatoms. The van der Waals surface area contributed by atoms with Crippen LogP contribution in [0.1, 0.15) is 13.8 Å². The maximum absolute atomic E-state index is 12.1. The van der Waals surface area contributed by atoms with Crippen LogP contribution in [0.4, 0.5) is 22.7 Å². The van der Waals surface area contributed by atoms with Crippen LogP contribution in [-0.4, -0.2) is 57.8 Å². The summed E-state index contributed by atoms with van der Waals surface area (Å²) in [4.78, 5) is 33.9. The summed E-state index contributed by atoms with van der Waals surface area (Å²) >= 11 is 6.35. The Balaban J connectivity index is 2.30. The number of sulfone groups is 1. The zero-order valence-electron chi connectivity index (χ0n) is 19.1. The third-order valence-electron chi connectivity index (χ3n) is 4.45. The number of nitro benzene ring substituents is 1. The smallest absolute Gasteiger partial charge is 0.302 e. The Bertz CT molecular complexity index is 1230. The molecule has 0 saturated carbocycles. The lowest BCUT2D eigenvalue weighted by Crippen LogP contribution is -2.31. The highest BCUT2D eigenvalue weighted by Gasteiger charge is 2.19. The van der Waals surface area contributed by atoms with E-state index in [-0.39, 0.29) is 34.5 Å². The molecule has 0 fully saturated rings. The minimum absolute atomic E-state index is 0.0809. The van der Waals surface area contributed by atoms with E-state index >= 15 is 0 Å². The number of carbonyl (C=O) groups excluding carboxylic acids is 2. The highest BCUT2D eigenvalue weighted by atomic mass is 35.5. The molecule has 2 aromatic rings. The fraction of sp³-hybridized carbons (Fsp3) is 0.333. The average Bonchev–Trinajstić information content (AvgIpc) is 2.76. The van der Waals surface area contributed by atoms with E-state index in [4.69, 9.17) is 21.1 Å². The number of non-ortho nitro benzene ring substituents is 1. The summed E-state index contributed by atoms with van der Waals surface area (Å²) in [5.74, 6) is -0.864. The highest BCUT2D eigenvalue weighted by Crippen LogP contribution is 2.33. The van der Waals surface area contributed by atoms with Gasteiger partial charge >= 0.3 is 11.9 Å². The predicted octanol–water partition coefficient (Wildman–Crippen LogP) is 4.00. The first-order valence-corrected chi connectivity index (χ1v) is 12.4. The minimum atomic E-state index is -3.82. The van der Waals surface area contributed by atoms with E-state index in [1.807, 2.05) is 0 Å². The van der Waals surface area contributed by atoms with Crippen molar-refractivity contribution in [2.45, 2.75) is 18.7 Å². The fourth-order valence-corrected chi connectivity index (χ4v) is 3.88. The number of nitro groups is 1. The molecule has 2 aromatic carbocycles. The lowest BCUT2D eigenvalue weighted by Gasteiger charge is -2.24. The van der Waals surface area contributed by atoms with Crippen molar-refractivity contribution in [1.29, 1.82) is 0 Å². The molecule has 12 nitrogen and oxygen atoms in total. The van der Waals surface area contributed by atoms with Gasteiger partial charge in [-0.05, 0) is 24.3 Å². The Kier molecular flexibility index (Phi) is 9.66. The third kappa shape index (κ3) is 8.61. The van der Waals surface area contributed by atoms with Crippen molar-refractivity contribution in [1.82, 2.24) is 0 Å². The first kappa shape index (κ1) is 27.7. The fourth-order valence-electron chi connectivity index (χ4n) is 2.85. The Morgan fingerprint density at radius 2 is 1.54 bits per heavy atom. The van der Waals surface area contributed by atoms with E-state index in [9.17, 15) is 28.1 Å². The first-order valence-electron chi connectivity index (χ1n) is 10.1. The quantitative estimate of drug-likeness (QED) is 0.182. The average molecular weight is 527 g/mol. The van der Waals surface area contributed by atoms with Gasteiger partial charge in [-0.2, -0.15) is 0 Å². The second kappa shape index (κ2) is 12.2. The lowest BCUT2D eigenvalue weighted by molar-refractivity contribution is -0.385. The summed E-state index contributed by atoms with van der Waals surface area (Å²) in [6.07, 6.45) is 0.910. The standard InChI is InChI=1S/C21H23ClN4O8S/c1-14(27)33-10-8-25(9-11-34-15(2)28)16-4-6-19(18(22)12-16)23-24-20-7-5-17(26(29)30)13-21(20)35(3,31)32/h4-7,12-13H,8-11H2,1-3H3. The van der Waals surface area contributed by atoms with Crippen LogP contribution in [-0.2, 0) is 28.9 Å². The summed E-state index contributed by atoms with van der Waals surface area (Å²) in [7, 11) is -3.82. The van der Waals surface area contributed by atoms with Crippen molar-refractivity contribution in [2.75, 3.05) is 37.5 Å². The van der Waals surface area contributed by atoms with Crippen molar-refractivity contribution in [3.8, 4) is 0 Å². The van der Waals surface area contributed by atoms with Crippen LogP contribution < -0.4 is 4.90 Å². The van der Waals surface area contributed by atoms with Crippen LogP contribution in [0.5, 0.6) is 0 Å². The van der Waals surface area contributed by atoms with E-state index in [2.05, 4.69) is 10.2 Å². The van der Waals surface area contributed by atoms with Crippen molar-refractivity contribution in [2.24, 2.45) is 10.2 Å². The molecule has 0 aliphatic carbocycles. The molecular weight excluding hydrogens is 504 g/mol. The summed E-state index contributed by atoms with van der Waals surface area (Å²) in [6.45, 7) is 3.39. The zero-order valence-corrected chi connectivity index (χ0v) is 20.7. The van der Waals surface area contributed by atoms with Gasteiger partial charge in [0, 0.05) is 37.9 Å². The molecule has 0 aliphatic heterocycles. The van der Waals surface area contributed by atoms with Crippen molar-refractivity contribution in [3.05, 3.63) is 51.5 Å². The number of benzene rings is 2. The number of ether oxygens (including phenoxy) is 2. The van der Waals surface area contributed by atoms with E-state index in [1.165, 1.54) is 26.0 Å². The van der Waals surface area contributed by atoms with Gasteiger partial charge in [0.2, 0.25) is 0 Å². The van der Waals surface area contributed by atoms with Crippen LogP contribution in [0.15, 0.2) is 51.5 Å². The molecule has 0 radical (unpaired) electrons. The van der Waals surface area contributed by atoms with Crippen LogP contribution in [0, 0.1) is 10.1 Å². The topological polar surface area (TPSA) is 158 Å². The van der Waals surface area contributed by atoms with Gasteiger partial charge in [-0.3, -0.25) is 19.7 Å². The van der Waals surface area contributed by atoms with Gasteiger partial charge in [0.05, 0.1) is 23.0 Å². The van der Waals surface area contributed by atoms with E-state index in [0.717, 1.165) is 18.4 Å². The van der Waals surface area contributed by atoms with E-state index in [1.54, 1.807) is 17.0 Å². The number of hydrogen-bond acceptors (Lipinski definition) is 11. The largest absolute Gasteiger partial charge is 0.464 e. The van der Waals surface area contributed by atoms with Crippen LogP contribution in [0.2, 0.25) is 5.02 Å². The molecule has 35 heavy (non-hydrogen) atoms. The van der Waals surface area contributed by atoms with E-state index in [0.29, 0.717) is 18.8 Å². The summed E-state index contributed by atoms with van der Waals surface area (Å²) in [5, 5.41) is 19.1. The Labute approximate surface area is 206 Å². The molecular formula is C21H23ClN4O8S. The number of halogens is 1. The molecule has 0 atom stereocenters. The molecule has 0 spiro atoms. The second-order valence-electron chi connectivity index (χ2n) is 7.18. The van der Waals surface area contributed by atoms with Gasteiger partial charge in [0.1, 0.15) is 29.5 Å². The molecule has 0 aromatic heterocycles. The van der Waals surface area contributed by atoms with Gasteiger partial charge in [0.15, 0.2) is 9.84 Å². The second-order valence-corrected chi connectivity index (χ2v) is 9.58. The molecule has 0 aliphatic rings. The van der Waals surface area contributed by atoms with Crippen molar-refractivity contribution < 1.29 is 32.4 Å². The third-order valence-corrected chi connectivity index (χ3v) is 5.88. The zero-order chi connectivity index (χ0) is 26.2. The molecule has 188 valence electrons. The summed E-state index contributed by atoms with van der Waals surface area (Å²) in [5.41, 5.74) is 0.366. The van der Waals surface area contributed by atoms with E-state index < -0.39 is 32.4 Å². The van der Waals surface area contributed by atoms with Crippen LogP contribution in [0.25, 0.3) is 0 Å². The number of esters is 2. The minimum Gasteiger partial charge on any atom is -0.464 e. The Morgan fingerprint density at radius 1 is 1.00 bits per heavy atom. The van der Waals surface area contributed by atoms with Crippen molar-refractivity contribution in [3.63, 3.8) is 0 Å². The normalized spacial score (nSPS) is 11.3. The molecule has 0 saturated heterocycles. The molecule has 2 rings (SSSR count).